The van der Waals surface area contributed by atoms with Crippen LogP contribution in [0.4, 0.5) is 4.39 Å². The number of hydrogen-bond acceptors (Lipinski definition) is 2. The first-order valence-corrected chi connectivity index (χ1v) is 3.84. The molecule has 0 bridgehead atoms. The van der Waals surface area contributed by atoms with E-state index in [1.807, 2.05) is 0 Å². The van der Waals surface area contributed by atoms with Gasteiger partial charge in [-0.3, -0.25) is 13.9 Å². The normalized spacial score (nSPS) is 10.2. The molecule has 12 heavy (non-hydrogen) atoms. The minimum Gasteiger partial charge on any atom is -0.293 e. The maximum absolute atomic E-state index is 11.8. The van der Waals surface area contributed by atoms with Crippen LogP contribution in [-0.2, 0) is 6.54 Å². The maximum atomic E-state index is 11.8. The molecule has 4 heteroatoms. The first kappa shape index (κ1) is 8.90. The summed E-state index contributed by atoms with van der Waals surface area (Å²) in [4.78, 5) is 10.9. The summed E-state index contributed by atoms with van der Waals surface area (Å²) in [5, 5.41) is 3.90. The quantitative estimate of drug-likeness (QED) is 0.641. The zero-order chi connectivity index (χ0) is 8.97. The van der Waals surface area contributed by atoms with Crippen LogP contribution in [0.15, 0.2) is 12.3 Å². The summed E-state index contributed by atoms with van der Waals surface area (Å²) in [5.74, 6) is -0.0358. The monoisotopic (exact) mass is 170 g/mol. The average Bonchev–Trinajstić information content (AvgIpc) is 2.48. The van der Waals surface area contributed by atoms with Crippen LogP contribution in [-0.4, -0.2) is 22.2 Å². The molecule has 1 aromatic rings. The highest BCUT2D eigenvalue weighted by Crippen LogP contribution is 2.01. The summed E-state index contributed by atoms with van der Waals surface area (Å²) in [6.07, 6.45) is 1.96. The van der Waals surface area contributed by atoms with Gasteiger partial charge in [0, 0.05) is 19.7 Å². The van der Waals surface area contributed by atoms with Gasteiger partial charge in [-0.2, -0.15) is 5.10 Å². The number of aromatic nitrogens is 2. The fourth-order valence-electron chi connectivity index (χ4n) is 1.02. The van der Waals surface area contributed by atoms with Crippen molar-refractivity contribution in [2.24, 2.45) is 0 Å². The molecule has 0 radical (unpaired) electrons. The largest absolute Gasteiger partial charge is 0.293 e. The highest BCUT2D eigenvalue weighted by Gasteiger charge is 2.05. The Kier molecular flexibility index (Phi) is 2.96. The second kappa shape index (κ2) is 3.99. The minimum atomic E-state index is -0.378. The Labute approximate surface area is 70.2 Å². The lowest BCUT2D eigenvalue weighted by Crippen LogP contribution is -2.08. The number of Topliss-reactive ketones (excluding diaryl/α,β-unsaturated/α-hetero) is 1. The second-order valence-electron chi connectivity index (χ2n) is 2.54. The Morgan fingerprint density at radius 1 is 1.75 bits per heavy atom. The van der Waals surface area contributed by atoms with Crippen molar-refractivity contribution in [3.05, 3.63) is 18.0 Å². The summed E-state index contributed by atoms with van der Waals surface area (Å²) < 4.78 is 13.3. The van der Waals surface area contributed by atoms with E-state index in [1.165, 1.54) is 11.6 Å². The van der Waals surface area contributed by atoms with Gasteiger partial charge in [-0.15, -0.1) is 0 Å². The first-order chi connectivity index (χ1) is 5.75. The average molecular weight is 170 g/mol. The zero-order valence-corrected chi connectivity index (χ0v) is 6.96. The van der Waals surface area contributed by atoms with Crippen LogP contribution in [0.3, 0.4) is 0 Å². The molecule has 0 N–H and O–H groups in total. The van der Waals surface area contributed by atoms with E-state index >= 15 is 0 Å². The van der Waals surface area contributed by atoms with Gasteiger partial charge in [0.1, 0.15) is 5.69 Å². The lowest BCUT2D eigenvalue weighted by Gasteiger charge is -2.01. The summed E-state index contributed by atoms with van der Waals surface area (Å²) in [6, 6.07) is 1.64. The molecular weight excluding hydrogens is 159 g/mol. The number of alkyl halides is 1. The molecular formula is C8H11FN2O. The molecule has 0 saturated carbocycles. The van der Waals surface area contributed by atoms with Gasteiger partial charge in [0.05, 0.1) is 6.67 Å². The Bertz CT molecular complexity index is 270. The van der Waals surface area contributed by atoms with E-state index in [9.17, 15) is 9.18 Å². The third-order valence-electron chi connectivity index (χ3n) is 1.58. The number of hydrogen-bond donors (Lipinski definition) is 0. The van der Waals surface area contributed by atoms with E-state index in [1.54, 1.807) is 12.3 Å². The van der Waals surface area contributed by atoms with Gasteiger partial charge in [-0.1, -0.05) is 0 Å². The number of aryl methyl sites for hydroxylation is 1. The minimum absolute atomic E-state index is 0.0358. The molecule has 0 aliphatic rings. The highest BCUT2D eigenvalue weighted by atomic mass is 19.1. The number of rotatable bonds is 4. The number of ketones is 1. The van der Waals surface area contributed by atoms with Crippen LogP contribution >= 0.6 is 0 Å². The molecule has 0 unspecified atom stereocenters. The number of carbonyl (C=O) groups excluding carboxylic acids is 1. The van der Waals surface area contributed by atoms with Crippen molar-refractivity contribution >= 4 is 5.78 Å². The standard InChI is InChI=1S/C8H11FN2O/c1-7(12)8-3-5-10-11(8)6-2-4-9/h3,5H,2,4,6H2,1H3. The van der Waals surface area contributed by atoms with Crippen molar-refractivity contribution in [2.75, 3.05) is 6.67 Å². The maximum Gasteiger partial charge on any atom is 0.177 e. The van der Waals surface area contributed by atoms with Crippen molar-refractivity contribution in [3.8, 4) is 0 Å². The smallest absolute Gasteiger partial charge is 0.177 e. The van der Waals surface area contributed by atoms with Crippen molar-refractivity contribution in [2.45, 2.75) is 19.9 Å². The zero-order valence-electron chi connectivity index (χ0n) is 6.96. The summed E-state index contributed by atoms with van der Waals surface area (Å²) in [7, 11) is 0. The SMILES string of the molecule is CC(=O)c1ccnn1CCCF. The predicted octanol–water partition coefficient (Wildman–Crippen LogP) is 1.45. The van der Waals surface area contributed by atoms with Gasteiger partial charge in [-0.05, 0) is 12.5 Å². The van der Waals surface area contributed by atoms with E-state index in [-0.39, 0.29) is 12.5 Å². The third kappa shape index (κ3) is 1.90. The fourth-order valence-corrected chi connectivity index (χ4v) is 1.02. The Morgan fingerprint density at radius 2 is 2.50 bits per heavy atom. The van der Waals surface area contributed by atoms with E-state index < -0.39 is 0 Å². The molecule has 1 aromatic heterocycles. The fraction of sp³-hybridized carbons (Fsp3) is 0.500. The van der Waals surface area contributed by atoms with Crippen molar-refractivity contribution in [3.63, 3.8) is 0 Å². The van der Waals surface area contributed by atoms with Gasteiger partial charge in [-0.25, -0.2) is 0 Å². The van der Waals surface area contributed by atoms with Crippen LogP contribution in [0.1, 0.15) is 23.8 Å². The van der Waals surface area contributed by atoms with E-state index in [0.29, 0.717) is 18.7 Å². The molecule has 0 aliphatic heterocycles. The lowest BCUT2D eigenvalue weighted by molar-refractivity contribution is 0.100. The summed E-state index contributed by atoms with van der Waals surface area (Å²) >= 11 is 0. The van der Waals surface area contributed by atoms with Gasteiger partial charge in [0.15, 0.2) is 5.78 Å². The number of nitrogens with zero attached hydrogens (tertiary/aromatic N) is 2. The van der Waals surface area contributed by atoms with Crippen LogP contribution in [0.25, 0.3) is 0 Å². The molecule has 66 valence electrons. The van der Waals surface area contributed by atoms with Gasteiger partial charge >= 0.3 is 0 Å². The van der Waals surface area contributed by atoms with Crippen LogP contribution in [0.2, 0.25) is 0 Å². The van der Waals surface area contributed by atoms with Crippen LogP contribution < -0.4 is 0 Å². The van der Waals surface area contributed by atoms with E-state index in [2.05, 4.69) is 5.10 Å². The number of carbonyl (C=O) groups is 1. The lowest BCUT2D eigenvalue weighted by atomic mass is 10.3. The summed E-state index contributed by atoms with van der Waals surface area (Å²) in [6.45, 7) is 1.57. The molecule has 1 rings (SSSR count). The van der Waals surface area contributed by atoms with Gasteiger partial charge in [0.2, 0.25) is 0 Å². The van der Waals surface area contributed by atoms with Crippen molar-refractivity contribution in [1.29, 1.82) is 0 Å². The Hall–Kier alpha value is -1.19. The van der Waals surface area contributed by atoms with Gasteiger partial charge in [0.25, 0.3) is 0 Å². The molecule has 0 amide bonds. The summed E-state index contributed by atoms with van der Waals surface area (Å²) in [5.41, 5.74) is 0.545. The molecule has 0 atom stereocenters. The molecule has 0 saturated heterocycles. The van der Waals surface area contributed by atoms with Crippen LogP contribution in [0.5, 0.6) is 0 Å². The highest BCUT2D eigenvalue weighted by molar-refractivity contribution is 5.92. The molecule has 0 fully saturated rings. The molecule has 0 aliphatic carbocycles. The van der Waals surface area contributed by atoms with Crippen molar-refractivity contribution in [1.82, 2.24) is 9.78 Å². The van der Waals surface area contributed by atoms with Gasteiger partial charge < -0.3 is 0 Å². The topological polar surface area (TPSA) is 34.9 Å². The number of halogens is 1. The molecule has 0 spiro atoms. The first-order valence-electron chi connectivity index (χ1n) is 3.84. The molecule has 3 nitrogen and oxygen atoms in total. The molecule has 0 aromatic carbocycles. The Morgan fingerprint density at radius 3 is 3.08 bits per heavy atom. The van der Waals surface area contributed by atoms with E-state index in [4.69, 9.17) is 0 Å². The van der Waals surface area contributed by atoms with E-state index in [0.717, 1.165) is 0 Å². The molecule has 1 heterocycles. The second-order valence-corrected chi connectivity index (χ2v) is 2.54. The predicted molar refractivity (Wildman–Crippen MR) is 42.8 cm³/mol. The Balaban J connectivity index is 2.70. The third-order valence-corrected chi connectivity index (χ3v) is 1.58. The van der Waals surface area contributed by atoms with Crippen LogP contribution in [0, 0.1) is 0 Å². The van der Waals surface area contributed by atoms with Crippen molar-refractivity contribution < 1.29 is 9.18 Å².